The number of fused-ring (bicyclic) bond motifs is 3. The molecule has 0 unspecified atom stereocenters. The van der Waals surface area contributed by atoms with E-state index in [0.29, 0.717) is 23.2 Å². The number of hydrogen-bond donors (Lipinski definition) is 2. The standard InChI is InChI=1S/C30H28FN5O3S/c31-22-12-10-21(11-13-22)18-33-26(37)15-14-25-29(39)36-28(34-25)23-8-4-5-9-24(23)35-30(36)40-19-27(38)32-17-16-20-6-2-1-3-7-20/h1-13,25H,14-19H2,(H,32,38)(H,33,37)/t25-/m0/s1. The highest BCUT2D eigenvalue weighted by Crippen LogP contribution is 2.34. The molecule has 5 rings (SSSR count). The van der Waals surface area contributed by atoms with Crippen LogP contribution in [0.25, 0.3) is 0 Å². The van der Waals surface area contributed by atoms with Gasteiger partial charge >= 0.3 is 0 Å². The van der Waals surface area contributed by atoms with E-state index < -0.39 is 6.04 Å². The highest BCUT2D eigenvalue weighted by atomic mass is 32.2. The largest absolute Gasteiger partial charge is 0.355 e. The number of hydrogen-bond acceptors (Lipinski definition) is 6. The van der Waals surface area contributed by atoms with Crippen LogP contribution >= 0.6 is 11.8 Å². The molecule has 0 saturated heterocycles. The Morgan fingerprint density at radius 3 is 2.45 bits per heavy atom. The Hall–Kier alpha value is -4.31. The zero-order valence-electron chi connectivity index (χ0n) is 21.7. The molecule has 0 bridgehead atoms. The summed E-state index contributed by atoms with van der Waals surface area (Å²) in [7, 11) is 0. The van der Waals surface area contributed by atoms with E-state index in [1.54, 1.807) is 12.1 Å². The first-order valence-corrected chi connectivity index (χ1v) is 14.0. The topological polar surface area (TPSA) is 103 Å². The van der Waals surface area contributed by atoms with Crippen molar-refractivity contribution in [2.75, 3.05) is 12.3 Å². The molecule has 2 heterocycles. The molecular weight excluding hydrogens is 529 g/mol. The number of halogens is 1. The van der Waals surface area contributed by atoms with Crippen molar-refractivity contribution in [1.82, 2.24) is 15.5 Å². The molecule has 2 aliphatic heterocycles. The Labute approximate surface area is 235 Å². The van der Waals surface area contributed by atoms with Crippen molar-refractivity contribution in [2.24, 2.45) is 9.98 Å². The van der Waals surface area contributed by atoms with Crippen LogP contribution in [0.4, 0.5) is 10.1 Å². The fraction of sp³-hybridized carbons (Fsp3) is 0.233. The van der Waals surface area contributed by atoms with Crippen LogP contribution in [0.15, 0.2) is 88.8 Å². The highest BCUT2D eigenvalue weighted by Gasteiger charge is 2.41. The summed E-state index contributed by atoms with van der Waals surface area (Å²) in [6, 6.07) is 22.5. The zero-order chi connectivity index (χ0) is 27.9. The third kappa shape index (κ3) is 6.63. The molecule has 0 aliphatic carbocycles. The van der Waals surface area contributed by atoms with E-state index in [-0.39, 0.29) is 48.7 Å². The molecule has 1 atom stereocenters. The van der Waals surface area contributed by atoms with E-state index in [9.17, 15) is 18.8 Å². The van der Waals surface area contributed by atoms with Gasteiger partial charge in [0.1, 0.15) is 17.7 Å². The summed E-state index contributed by atoms with van der Waals surface area (Å²) in [5, 5.41) is 6.11. The first-order valence-electron chi connectivity index (χ1n) is 13.0. The molecular formula is C30H28FN5O3S. The number of nitrogens with one attached hydrogen (secondary N) is 2. The van der Waals surface area contributed by atoms with Crippen LogP contribution in [0.3, 0.4) is 0 Å². The lowest BCUT2D eigenvalue weighted by molar-refractivity contribution is -0.125. The maximum absolute atomic E-state index is 13.4. The summed E-state index contributed by atoms with van der Waals surface area (Å²) in [5.41, 5.74) is 3.33. The number of para-hydroxylation sites is 1. The number of nitrogens with zero attached hydrogens (tertiary/aromatic N) is 3. The lowest BCUT2D eigenvalue weighted by Crippen LogP contribution is -2.42. The van der Waals surface area contributed by atoms with Gasteiger partial charge in [-0.1, -0.05) is 66.4 Å². The summed E-state index contributed by atoms with van der Waals surface area (Å²) >= 11 is 1.18. The van der Waals surface area contributed by atoms with Crippen molar-refractivity contribution in [2.45, 2.75) is 31.8 Å². The van der Waals surface area contributed by atoms with Gasteiger partial charge < -0.3 is 10.6 Å². The lowest BCUT2D eigenvalue weighted by atomic mass is 10.1. The predicted molar refractivity (Wildman–Crippen MR) is 154 cm³/mol. The smallest absolute Gasteiger partial charge is 0.259 e. The van der Waals surface area contributed by atoms with E-state index >= 15 is 0 Å². The van der Waals surface area contributed by atoms with Crippen molar-refractivity contribution >= 4 is 46.2 Å². The van der Waals surface area contributed by atoms with Gasteiger partial charge in [-0.05, 0) is 48.2 Å². The van der Waals surface area contributed by atoms with Crippen molar-refractivity contribution < 1.29 is 18.8 Å². The molecule has 3 aromatic carbocycles. The van der Waals surface area contributed by atoms with Crippen LogP contribution < -0.4 is 10.6 Å². The third-order valence-corrected chi connectivity index (χ3v) is 7.45. The molecule has 10 heteroatoms. The average Bonchev–Trinajstić information content (AvgIpc) is 3.31. The van der Waals surface area contributed by atoms with Crippen molar-refractivity contribution in [3.05, 3.63) is 101 Å². The molecule has 0 fully saturated rings. The average molecular weight is 558 g/mol. The zero-order valence-corrected chi connectivity index (χ0v) is 22.5. The van der Waals surface area contributed by atoms with Gasteiger partial charge in [0, 0.05) is 25.1 Å². The van der Waals surface area contributed by atoms with Crippen LogP contribution in [0, 0.1) is 5.82 Å². The first kappa shape index (κ1) is 27.3. The van der Waals surface area contributed by atoms with E-state index in [1.807, 2.05) is 54.6 Å². The molecule has 0 spiro atoms. The SMILES string of the molecule is O=C(CC[C@@H]1N=C2c3ccccc3N=C(SCC(=O)NCCc3ccccc3)N2C1=O)NCc1ccc(F)cc1. The van der Waals surface area contributed by atoms with Crippen LogP contribution in [0.1, 0.15) is 29.5 Å². The number of benzene rings is 3. The Bertz CT molecular complexity index is 1460. The van der Waals surface area contributed by atoms with Gasteiger partial charge in [-0.15, -0.1) is 0 Å². The summed E-state index contributed by atoms with van der Waals surface area (Å²) in [4.78, 5) is 49.2. The van der Waals surface area contributed by atoms with Gasteiger partial charge in [0.25, 0.3) is 5.91 Å². The van der Waals surface area contributed by atoms with Crippen LogP contribution in [-0.4, -0.2) is 52.0 Å². The second kappa shape index (κ2) is 12.7. The molecule has 204 valence electrons. The normalized spacial score (nSPS) is 15.6. The van der Waals surface area contributed by atoms with E-state index in [4.69, 9.17) is 0 Å². The van der Waals surface area contributed by atoms with E-state index in [0.717, 1.165) is 23.1 Å². The lowest BCUT2D eigenvalue weighted by Gasteiger charge is -2.25. The molecule has 0 saturated carbocycles. The molecule has 40 heavy (non-hydrogen) atoms. The first-order chi connectivity index (χ1) is 19.5. The third-order valence-electron chi connectivity index (χ3n) is 6.51. The van der Waals surface area contributed by atoms with Gasteiger partial charge in [-0.3, -0.25) is 19.4 Å². The monoisotopic (exact) mass is 557 g/mol. The van der Waals surface area contributed by atoms with Gasteiger partial charge in [0.2, 0.25) is 11.8 Å². The Morgan fingerprint density at radius 2 is 1.65 bits per heavy atom. The molecule has 3 aromatic rings. The number of carbonyl (C=O) groups excluding carboxylic acids is 3. The molecule has 8 nitrogen and oxygen atoms in total. The highest BCUT2D eigenvalue weighted by molar-refractivity contribution is 8.14. The van der Waals surface area contributed by atoms with Crippen LogP contribution in [0.2, 0.25) is 0 Å². The molecule has 3 amide bonds. The predicted octanol–water partition coefficient (Wildman–Crippen LogP) is 3.97. The minimum atomic E-state index is -0.733. The summed E-state index contributed by atoms with van der Waals surface area (Å²) in [6.07, 6.45) is 1.06. The fourth-order valence-corrected chi connectivity index (χ4v) is 5.25. The van der Waals surface area contributed by atoms with Crippen molar-refractivity contribution in [3.63, 3.8) is 0 Å². The number of aliphatic imine (C=N–C) groups is 2. The fourth-order valence-electron chi connectivity index (χ4n) is 4.42. The quantitative estimate of drug-likeness (QED) is 0.394. The van der Waals surface area contributed by atoms with Gasteiger partial charge in [-0.25, -0.2) is 14.3 Å². The van der Waals surface area contributed by atoms with Gasteiger partial charge in [0.15, 0.2) is 5.17 Å². The van der Waals surface area contributed by atoms with Crippen LogP contribution in [0.5, 0.6) is 0 Å². The number of amides is 3. The number of rotatable bonds is 10. The van der Waals surface area contributed by atoms with E-state index in [2.05, 4.69) is 20.6 Å². The summed E-state index contributed by atoms with van der Waals surface area (Å²) < 4.78 is 13.1. The van der Waals surface area contributed by atoms with Crippen molar-refractivity contribution in [3.8, 4) is 0 Å². The Morgan fingerprint density at radius 1 is 0.900 bits per heavy atom. The second-order valence-electron chi connectivity index (χ2n) is 9.37. The number of amidine groups is 2. The van der Waals surface area contributed by atoms with Gasteiger partial charge in [0.05, 0.1) is 11.4 Å². The maximum atomic E-state index is 13.4. The molecule has 2 N–H and O–H groups in total. The molecule has 0 radical (unpaired) electrons. The van der Waals surface area contributed by atoms with Gasteiger partial charge in [-0.2, -0.15) is 0 Å². The summed E-state index contributed by atoms with van der Waals surface area (Å²) in [5.74, 6) is -0.397. The minimum absolute atomic E-state index is 0.101. The second-order valence-corrected chi connectivity index (χ2v) is 10.3. The van der Waals surface area contributed by atoms with E-state index in [1.165, 1.54) is 28.8 Å². The Balaban J connectivity index is 1.18. The maximum Gasteiger partial charge on any atom is 0.259 e. The number of carbonyl (C=O) groups is 3. The molecule has 2 aliphatic rings. The minimum Gasteiger partial charge on any atom is -0.355 e. The summed E-state index contributed by atoms with van der Waals surface area (Å²) in [6.45, 7) is 0.784. The molecule has 0 aromatic heterocycles. The number of thioether (sulfide) groups is 1. The van der Waals surface area contributed by atoms with Crippen LogP contribution in [-0.2, 0) is 27.3 Å². The Kier molecular flexibility index (Phi) is 8.65. The van der Waals surface area contributed by atoms with Crippen molar-refractivity contribution in [1.29, 1.82) is 0 Å².